The van der Waals surface area contributed by atoms with Crippen molar-refractivity contribution < 1.29 is 13.9 Å². The Hall–Kier alpha value is -3.03. The quantitative estimate of drug-likeness (QED) is 0.413. The zero-order valence-electron chi connectivity index (χ0n) is 13.2. The molecule has 2 aromatic rings. The van der Waals surface area contributed by atoms with Crippen molar-refractivity contribution in [2.24, 2.45) is 5.10 Å². The number of carbonyl (C=O) groups is 1. The molecular weight excluding hydrogens is 313 g/mol. The Labute approximate surface area is 139 Å². The highest BCUT2D eigenvalue weighted by Crippen LogP contribution is 2.20. The van der Waals surface area contributed by atoms with Gasteiger partial charge in [0.2, 0.25) is 0 Å². The Morgan fingerprint density at radius 3 is 2.83 bits per heavy atom. The van der Waals surface area contributed by atoms with E-state index in [0.717, 1.165) is 0 Å². The number of benzene rings is 1. The van der Waals surface area contributed by atoms with Crippen LogP contribution in [-0.2, 0) is 22.8 Å². The molecule has 0 amide bonds. The number of nitrogens with one attached hydrogen (secondary N) is 2. The summed E-state index contributed by atoms with van der Waals surface area (Å²) in [5, 5.41) is 7.16. The van der Waals surface area contributed by atoms with Crippen LogP contribution in [0.1, 0.15) is 17.0 Å². The second kappa shape index (κ2) is 9.19. The monoisotopic (exact) mass is 331 g/mol. The number of carbonyl (C=O) groups excluding carboxylic acids is 1. The first kappa shape index (κ1) is 17.3. The van der Waals surface area contributed by atoms with Gasteiger partial charge in [0, 0.05) is 36.3 Å². The predicted octanol–water partition coefficient (Wildman–Crippen LogP) is 1.65. The summed E-state index contributed by atoms with van der Waals surface area (Å²) in [6, 6.07) is 6.92. The molecule has 1 aromatic heterocycles. The molecule has 0 saturated heterocycles. The van der Waals surface area contributed by atoms with E-state index >= 15 is 0 Å². The number of rotatable bonds is 9. The van der Waals surface area contributed by atoms with Crippen molar-refractivity contribution in [3.63, 3.8) is 0 Å². The summed E-state index contributed by atoms with van der Waals surface area (Å²) in [6.45, 7) is 0.0871. The van der Waals surface area contributed by atoms with E-state index in [-0.39, 0.29) is 6.61 Å². The van der Waals surface area contributed by atoms with Crippen molar-refractivity contribution in [1.29, 1.82) is 0 Å². The van der Waals surface area contributed by atoms with E-state index in [0.29, 0.717) is 41.4 Å². The van der Waals surface area contributed by atoms with Crippen molar-refractivity contribution in [2.45, 2.75) is 13.2 Å². The van der Waals surface area contributed by atoms with E-state index in [9.17, 15) is 9.18 Å². The van der Waals surface area contributed by atoms with E-state index in [1.807, 2.05) is 0 Å². The third-order valence-corrected chi connectivity index (χ3v) is 3.17. The van der Waals surface area contributed by atoms with Crippen LogP contribution in [0, 0.1) is 0 Å². The Balaban J connectivity index is 2.16. The number of anilines is 1. The number of alkyl halides is 1. The average Bonchev–Trinajstić information content (AvgIpc) is 2.64. The van der Waals surface area contributed by atoms with Gasteiger partial charge in [0.25, 0.3) is 6.47 Å². The lowest BCUT2D eigenvalue weighted by Crippen LogP contribution is -2.15. The molecule has 1 aromatic carbocycles. The molecule has 7 nitrogen and oxygen atoms in total. The Morgan fingerprint density at radius 2 is 2.17 bits per heavy atom. The topological polar surface area (TPSA) is 88.5 Å². The van der Waals surface area contributed by atoms with Crippen LogP contribution >= 0.6 is 0 Å². The molecule has 0 bridgehead atoms. The number of ether oxygens (including phenoxy) is 1. The number of aromatic nitrogens is 2. The average molecular weight is 331 g/mol. The summed E-state index contributed by atoms with van der Waals surface area (Å²) < 4.78 is 18.1. The SMILES string of the molecule is CN/N=C(\COC=O)c1ccc(NCc2ncccn2)c(CF)c1. The number of nitrogens with zero attached hydrogens (tertiary/aromatic N) is 3. The molecule has 0 aliphatic carbocycles. The second-order valence-electron chi connectivity index (χ2n) is 4.71. The molecule has 0 radical (unpaired) electrons. The highest BCUT2D eigenvalue weighted by Gasteiger charge is 2.10. The normalized spacial score (nSPS) is 11.0. The van der Waals surface area contributed by atoms with E-state index in [2.05, 4.69) is 25.8 Å². The smallest absolute Gasteiger partial charge is 0.293 e. The third kappa shape index (κ3) is 4.73. The number of hydrogen-bond donors (Lipinski definition) is 2. The van der Waals surface area contributed by atoms with Gasteiger partial charge in [-0.1, -0.05) is 6.07 Å². The summed E-state index contributed by atoms with van der Waals surface area (Å²) in [6.07, 6.45) is 3.30. The number of hydrogen-bond acceptors (Lipinski definition) is 7. The molecule has 2 N–H and O–H groups in total. The fraction of sp³-hybridized carbons (Fsp3) is 0.250. The standard InChI is InChI=1S/C16H18FN5O2/c1-18-22-15(10-24-11-23)12-3-4-14(13(7-12)8-17)21-9-16-19-5-2-6-20-16/h2-7,11,18,21H,8-10H2,1H3/b22-15+. The van der Waals surface area contributed by atoms with Gasteiger partial charge in [-0.15, -0.1) is 0 Å². The zero-order chi connectivity index (χ0) is 17.2. The Kier molecular flexibility index (Phi) is 6.63. The first-order chi connectivity index (χ1) is 11.8. The van der Waals surface area contributed by atoms with Crippen molar-refractivity contribution in [2.75, 3.05) is 19.0 Å². The van der Waals surface area contributed by atoms with Gasteiger partial charge >= 0.3 is 0 Å². The summed E-state index contributed by atoms with van der Waals surface area (Å²) in [5.74, 6) is 0.614. The largest absolute Gasteiger partial charge is 0.461 e. The lowest BCUT2D eigenvalue weighted by Gasteiger charge is -2.12. The minimum absolute atomic E-state index is 0.000691. The summed E-state index contributed by atoms with van der Waals surface area (Å²) in [7, 11) is 1.63. The van der Waals surface area contributed by atoms with E-state index < -0.39 is 6.67 Å². The maximum atomic E-state index is 13.4. The lowest BCUT2D eigenvalue weighted by atomic mass is 10.1. The van der Waals surface area contributed by atoms with Crippen LogP contribution in [0.15, 0.2) is 41.8 Å². The molecule has 0 fully saturated rings. The van der Waals surface area contributed by atoms with Crippen molar-refractivity contribution in [1.82, 2.24) is 15.4 Å². The number of halogens is 1. The maximum Gasteiger partial charge on any atom is 0.293 e. The van der Waals surface area contributed by atoms with Crippen LogP contribution in [0.5, 0.6) is 0 Å². The van der Waals surface area contributed by atoms with Crippen molar-refractivity contribution >= 4 is 17.9 Å². The predicted molar refractivity (Wildman–Crippen MR) is 88.2 cm³/mol. The molecule has 1 heterocycles. The molecule has 0 saturated carbocycles. The number of hydrazone groups is 1. The minimum Gasteiger partial charge on any atom is -0.461 e. The van der Waals surface area contributed by atoms with Crippen molar-refractivity contribution in [3.05, 3.63) is 53.6 Å². The van der Waals surface area contributed by atoms with Gasteiger partial charge in [-0.05, 0) is 18.2 Å². The van der Waals surface area contributed by atoms with Gasteiger partial charge in [0.15, 0.2) is 0 Å². The van der Waals surface area contributed by atoms with E-state index in [1.165, 1.54) is 0 Å². The van der Waals surface area contributed by atoms with Crippen molar-refractivity contribution in [3.8, 4) is 0 Å². The van der Waals surface area contributed by atoms with Gasteiger partial charge in [-0.3, -0.25) is 4.79 Å². The molecule has 126 valence electrons. The molecule has 0 unspecified atom stereocenters. The first-order valence-corrected chi connectivity index (χ1v) is 7.26. The molecule has 2 rings (SSSR count). The first-order valence-electron chi connectivity index (χ1n) is 7.26. The second-order valence-corrected chi connectivity index (χ2v) is 4.71. The highest BCUT2D eigenvalue weighted by atomic mass is 19.1. The lowest BCUT2D eigenvalue weighted by molar-refractivity contribution is -0.127. The molecule has 8 heteroatoms. The van der Waals surface area contributed by atoms with Crippen LogP contribution in [-0.4, -0.2) is 35.8 Å². The molecular formula is C16H18FN5O2. The molecule has 24 heavy (non-hydrogen) atoms. The van der Waals surface area contributed by atoms with E-state index in [4.69, 9.17) is 4.74 Å². The fourth-order valence-corrected chi connectivity index (χ4v) is 2.08. The van der Waals surface area contributed by atoms with Crippen LogP contribution < -0.4 is 10.7 Å². The maximum absolute atomic E-state index is 13.4. The molecule has 0 aliphatic rings. The summed E-state index contributed by atoms with van der Waals surface area (Å²) >= 11 is 0. The van der Waals surface area contributed by atoms with Gasteiger partial charge in [0.1, 0.15) is 24.8 Å². The zero-order valence-corrected chi connectivity index (χ0v) is 13.2. The molecule has 0 spiro atoms. The van der Waals surface area contributed by atoms with Crippen LogP contribution in [0.25, 0.3) is 0 Å². The van der Waals surface area contributed by atoms with Gasteiger partial charge in [-0.2, -0.15) is 5.10 Å². The highest BCUT2D eigenvalue weighted by molar-refractivity contribution is 6.02. The van der Waals surface area contributed by atoms with Gasteiger partial charge in [-0.25, -0.2) is 14.4 Å². The third-order valence-electron chi connectivity index (χ3n) is 3.17. The molecule has 0 atom stereocenters. The van der Waals surface area contributed by atoms with Crippen LogP contribution in [0.3, 0.4) is 0 Å². The Morgan fingerprint density at radius 1 is 1.38 bits per heavy atom. The van der Waals surface area contributed by atoms with Crippen LogP contribution in [0.4, 0.5) is 10.1 Å². The van der Waals surface area contributed by atoms with E-state index in [1.54, 1.807) is 43.7 Å². The summed E-state index contributed by atoms with van der Waals surface area (Å²) in [4.78, 5) is 18.6. The van der Waals surface area contributed by atoms with Gasteiger partial charge in [0.05, 0.1) is 6.54 Å². The van der Waals surface area contributed by atoms with Gasteiger partial charge < -0.3 is 15.5 Å². The summed E-state index contributed by atoms with van der Waals surface area (Å²) in [5.41, 5.74) is 4.92. The molecule has 0 aliphatic heterocycles. The van der Waals surface area contributed by atoms with Crippen LogP contribution in [0.2, 0.25) is 0 Å². The fourth-order valence-electron chi connectivity index (χ4n) is 2.08. The Bertz CT molecular complexity index is 694. The minimum atomic E-state index is -0.646.